The molecule has 0 aliphatic carbocycles. The maximum atomic E-state index is 13.8. The third kappa shape index (κ3) is 5.22. The molecule has 1 atom stereocenters. The van der Waals surface area contributed by atoms with Gasteiger partial charge in [0.2, 0.25) is 5.91 Å². The second-order valence-corrected chi connectivity index (χ2v) is 9.10. The number of alkyl halides is 3. The Morgan fingerprint density at radius 1 is 1.00 bits per heavy atom. The van der Waals surface area contributed by atoms with E-state index in [0.717, 1.165) is 21.9 Å². The highest BCUT2D eigenvalue weighted by Crippen LogP contribution is 2.41. The number of pyridine rings is 1. The molecule has 1 unspecified atom stereocenters. The first-order valence-corrected chi connectivity index (χ1v) is 11.7. The molecule has 1 saturated heterocycles. The van der Waals surface area contributed by atoms with E-state index in [1.165, 1.54) is 46.3 Å². The summed E-state index contributed by atoms with van der Waals surface area (Å²) in [6.45, 7) is 3.00. The fourth-order valence-electron chi connectivity index (χ4n) is 4.46. The quantitative estimate of drug-likeness (QED) is 0.435. The number of nitrogens with one attached hydrogen (secondary N) is 1. The number of carbonyl (C=O) groups is 3. The van der Waals surface area contributed by atoms with Crippen LogP contribution in [0.5, 0.6) is 11.5 Å². The molecule has 2 heterocycles. The van der Waals surface area contributed by atoms with Crippen molar-refractivity contribution in [2.45, 2.75) is 31.8 Å². The van der Waals surface area contributed by atoms with E-state index >= 15 is 0 Å². The summed E-state index contributed by atoms with van der Waals surface area (Å²) in [5.74, 6) is -1.10. The molecule has 1 fully saturated rings. The summed E-state index contributed by atoms with van der Waals surface area (Å²) in [6.07, 6.45) is -1.86. The first-order valence-electron chi connectivity index (χ1n) is 11.7. The highest BCUT2D eigenvalue weighted by Gasteiger charge is 2.56. The Labute approximate surface area is 222 Å². The van der Waals surface area contributed by atoms with E-state index in [0.29, 0.717) is 22.4 Å². The lowest BCUT2D eigenvalue weighted by Crippen LogP contribution is -2.50. The molecule has 0 bridgehead atoms. The molecule has 4 rings (SSSR count). The molecule has 1 aliphatic heterocycles. The van der Waals surface area contributed by atoms with E-state index in [1.54, 1.807) is 36.5 Å². The first-order chi connectivity index (χ1) is 18.4. The molecule has 39 heavy (non-hydrogen) atoms. The normalized spacial score (nSPS) is 15.8. The number of methoxy groups -OCH3 is 1. The Balaban J connectivity index is 1.78. The Kier molecular flexibility index (Phi) is 7.23. The Morgan fingerprint density at radius 3 is 2.18 bits per heavy atom. The molecule has 12 heteroatoms. The van der Waals surface area contributed by atoms with Gasteiger partial charge in [-0.05, 0) is 67.4 Å². The minimum absolute atomic E-state index is 0.0239. The van der Waals surface area contributed by atoms with Crippen molar-refractivity contribution in [3.63, 3.8) is 0 Å². The summed E-state index contributed by atoms with van der Waals surface area (Å²) in [5, 5.41) is 2.57. The molecular formula is C27H25F3N4O5. The molecule has 9 nitrogen and oxygen atoms in total. The minimum atomic E-state index is -4.90. The molecule has 0 saturated carbocycles. The van der Waals surface area contributed by atoms with Gasteiger partial charge in [-0.15, -0.1) is 13.2 Å². The number of amides is 4. The Hall–Kier alpha value is -4.61. The van der Waals surface area contributed by atoms with Crippen LogP contribution in [0.2, 0.25) is 0 Å². The molecule has 1 N–H and O–H groups in total. The predicted octanol–water partition coefficient (Wildman–Crippen LogP) is 4.69. The van der Waals surface area contributed by atoms with Crippen molar-refractivity contribution >= 4 is 23.5 Å². The molecule has 0 radical (unpaired) electrons. The van der Waals surface area contributed by atoms with Gasteiger partial charge in [0.05, 0.1) is 12.8 Å². The largest absolute Gasteiger partial charge is 0.573 e. The lowest BCUT2D eigenvalue weighted by molar-refractivity contribution is -0.274. The lowest BCUT2D eigenvalue weighted by atomic mass is 9.92. The van der Waals surface area contributed by atoms with Gasteiger partial charge in [0.25, 0.3) is 5.91 Å². The number of carbonyl (C=O) groups excluding carboxylic acids is 3. The maximum Gasteiger partial charge on any atom is 0.573 e. The topological polar surface area (TPSA) is 101 Å². The number of likely N-dealkylation sites (N-methyl/N-ethyl adjacent to an activating group) is 1. The van der Waals surface area contributed by atoms with Crippen LogP contribution < -0.4 is 19.7 Å². The van der Waals surface area contributed by atoms with Gasteiger partial charge in [-0.1, -0.05) is 12.1 Å². The molecular weight excluding hydrogens is 517 g/mol. The SMILES string of the molecule is CNC(=O)C(c1ccncc1-c1ccc(OC)cc1)N1C(=O)N(c2ccc(OC(F)(F)F)cc2)C(=O)C1(C)C. The molecule has 1 aromatic heterocycles. The zero-order valence-electron chi connectivity index (χ0n) is 21.4. The van der Waals surface area contributed by atoms with Crippen LogP contribution in [-0.4, -0.2) is 53.8 Å². The van der Waals surface area contributed by atoms with Gasteiger partial charge < -0.3 is 14.8 Å². The average molecular weight is 543 g/mol. The summed E-state index contributed by atoms with van der Waals surface area (Å²) < 4.78 is 46.8. The third-order valence-electron chi connectivity index (χ3n) is 6.36. The van der Waals surface area contributed by atoms with E-state index in [2.05, 4.69) is 15.0 Å². The smallest absolute Gasteiger partial charge is 0.497 e. The number of anilines is 1. The molecule has 3 aromatic rings. The van der Waals surface area contributed by atoms with E-state index in [4.69, 9.17) is 4.74 Å². The summed E-state index contributed by atoms with van der Waals surface area (Å²) in [5.41, 5.74) is 0.184. The summed E-state index contributed by atoms with van der Waals surface area (Å²) in [6, 6.07) is 10.9. The van der Waals surface area contributed by atoms with Gasteiger partial charge >= 0.3 is 12.4 Å². The monoisotopic (exact) mass is 542 g/mol. The Morgan fingerprint density at radius 2 is 1.62 bits per heavy atom. The van der Waals surface area contributed by atoms with E-state index in [1.807, 2.05) is 0 Å². The van der Waals surface area contributed by atoms with Crippen molar-refractivity contribution in [1.82, 2.24) is 15.2 Å². The second kappa shape index (κ2) is 10.3. The van der Waals surface area contributed by atoms with E-state index < -0.39 is 41.5 Å². The maximum absolute atomic E-state index is 13.8. The van der Waals surface area contributed by atoms with Crippen molar-refractivity contribution < 1.29 is 37.0 Å². The van der Waals surface area contributed by atoms with Crippen LogP contribution in [0, 0.1) is 0 Å². The predicted molar refractivity (Wildman–Crippen MR) is 135 cm³/mol. The van der Waals surface area contributed by atoms with Crippen molar-refractivity contribution in [1.29, 1.82) is 0 Å². The minimum Gasteiger partial charge on any atom is -0.497 e. The molecule has 0 spiro atoms. The van der Waals surface area contributed by atoms with Gasteiger partial charge in [-0.3, -0.25) is 19.5 Å². The van der Waals surface area contributed by atoms with E-state index in [-0.39, 0.29) is 5.69 Å². The van der Waals surface area contributed by atoms with Crippen LogP contribution in [0.1, 0.15) is 25.5 Å². The third-order valence-corrected chi connectivity index (χ3v) is 6.36. The number of hydrogen-bond acceptors (Lipinski definition) is 6. The number of nitrogens with zero attached hydrogens (tertiary/aromatic N) is 3. The highest BCUT2D eigenvalue weighted by atomic mass is 19.4. The molecule has 1 aliphatic rings. The molecule has 204 valence electrons. The van der Waals surface area contributed by atoms with Crippen LogP contribution in [0.3, 0.4) is 0 Å². The zero-order chi connectivity index (χ0) is 28.5. The number of halogens is 3. The van der Waals surface area contributed by atoms with Crippen molar-refractivity contribution in [2.75, 3.05) is 19.1 Å². The van der Waals surface area contributed by atoms with Gasteiger partial charge in [-0.2, -0.15) is 0 Å². The van der Waals surface area contributed by atoms with Gasteiger partial charge in [0, 0.05) is 25.0 Å². The van der Waals surface area contributed by atoms with Crippen molar-refractivity contribution in [2.24, 2.45) is 0 Å². The van der Waals surface area contributed by atoms with Crippen LogP contribution >= 0.6 is 0 Å². The number of imide groups is 1. The van der Waals surface area contributed by atoms with Gasteiger partial charge in [-0.25, -0.2) is 9.69 Å². The lowest BCUT2D eigenvalue weighted by Gasteiger charge is -2.35. The standard InChI is InChI=1S/C27H25F3N4O5/c1-26(2)24(36)33(17-7-11-19(12-8-17)39-27(28,29)30)25(37)34(26)22(23(35)31-3)20-13-14-32-15-21(20)16-5-9-18(38-4)10-6-16/h5-15,22H,1-4H3,(H,31,35). The number of benzene rings is 2. The summed E-state index contributed by atoms with van der Waals surface area (Å²) in [7, 11) is 2.95. The number of urea groups is 1. The fourth-order valence-corrected chi connectivity index (χ4v) is 4.46. The van der Waals surface area contributed by atoms with Crippen molar-refractivity contribution in [3.8, 4) is 22.6 Å². The zero-order valence-corrected chi connectivity index (χ0v) is 21.4. The van der Waals surface area contributed by atoms with Gasteiger partial charge in [0.1, 0.15) is 23.1 Å². The first kappa shape index (κ1) is 27.4. The van der Waals surface area contributed by atoms with Crippen molar-refractivity contribution in [3.05, 3.63) is 72.6 Å². The number of ether oxygens (including phenoxy) is 2. The average Bonchev–Trinajstić information content (AvgIpc) is 3.08. The number of rotatable bonds is 7. The molecule has 2 aromatic carbocycles. The second-order valence-electron chi connectivity index (χ2n) is 9.10. The van der Waals surface area contributed by atoms with Crippen LogP contribution in [0.4, 0.5) is 23.7 Å². The van der Waals surface area contributed by atoms with E-state index in [9.17, 15) is 27.6 Å². The van der Waals surface area contributed by atoms with Crippen LogP contribution in [-0.2, 0) is 9.59 Å². The van der Waals surface area contributed by atoms with Gasteiger partial charge in [0.15, 0.2) is 0 Å². The highest BCUT2D eigenvalue weighted by molar-refractivity contribution is 6.23. The summed E-state index contributed by atoms with van der Waals surface area (Å²) in [4.78, 5) is 46.9. The fraction of sp³-hybridized carbons (Fsp3) is 0.259. The number of aromatic nitrogens is 1. The Bertz CT molecular complexity index is 1390. The van der Waals surface area contributed by atoms with Crippen LogP contribution in [0.15, 0.2) is 67.0 Å². The molecule has 4 amide bonds. The van der Waals surface area contributed by atoms with Crippen LogP contribution in [0.25, 0.3) is 11.1 Å². The summed E-state index contributed by atoms with van der Waals surface area (Å²) >= 11 is 0. The number of hydrogen-bond donors (Lipinski definition) is 1.